The van der Waals surface area contributed by atoms with E-state index in [0.29, 0.717) is 6.54 Å². The molecule has 0 aromatic rings. The average Bonchev–Trinajstić information content (AvgIpc) is 1.61. The molecule has 0 aliphatic carbocycles. The van der Waals surface area contributed by atoms with Gasteiger partial charge in [-0.2, -0.15) is 0 Å². The third-order valence-electron chi connectivity index (χ3n) is 0.398. The second kappa shape index (κ2) is 4.47. The third-order valence-corrected chi connectivity index (χ3v) is 1.34. The first-order chi connectivity index (χ1) is 3.27. The Morgan fingerprint density at radius 2 is 2.57 bits per heavy atom. The van der Waals surface area contributed by atoms with Gasteiger partial charge in [-0.15, -0.1) is 6.58 Å². The summed E-state index contributed by atoms with van der Waals surface area (Å²) in [5, 5.41) is 2.65. The molecule has 1 atom stereocenters. The van der Waals surface area contributed by atoms with Crippen LogP contribution in [0.5, 0.6) is 0 Å². The Kier molecular flexibility index (Phi) is 4.67. The van der Waals surface area contributed by atoms with Crippen LogP contribution in [-0.4, -0.2) is 11.4 Å². The first kappa shape index (κ1) is 7.31. The fourth-order valence-electron chi connectivity index (χ4n) is 0.159. The molecule has 0 aromatic heterocycles. The molecule has 2 N–H and O–H groups in total. The fourth-order valence-corrected chi connectivity index (χ4v) is 0.728. The van der Waals surface area contributed by atoms with E-state index in [1.54, 1.807) is 6.08 Å². The van der Waals surface area contributed by atoms with Gasteiger partial charge in [0.25, 0.3) is 0 Å². The molecule has 0 bridgehead atoms. The molecule has 0 heterocycles. The van der Waals surface area contributed by atoms with Crippen LogP contribution in [0.3, 0.4) is 0 Å². The lowest BCUT2D eigenvalue weighted by Crippen LogP contribution is -1.99. The van der Waals surface area contributed by atoms with Crippen molar-refractivity contribution in [3.05, 3.63) is 12.7 Å². The summed E-state index contributed by atoms with van der Waals surface area (Å²) in [5.41, 5.74) is 0. The van der Waals surface area contributed by atoms with Crippen molar-refractivity contribution in [2.75, 3.05) is 6.54 Å². The van der Waals surface area contributed by atoms with E-state index in [2.05, 4.69) is 23.5 Å². The lowest BCUT2D eigenvalue weighted by molar-refractivity contribution is 0.631. The Labute approximate surface area is 48.8 Å². The van der Waals surface area contributed by atoms with E-state index < -0.39 is 7.07 Å². The van der Waals surface area contributed by atoms with Gasteiger partial charge in [0.15, 0.2) is 0 Å². The van der Waals surface area contributed by atoms with E-state index in [0.717, 1.165) is 0 Å². The van der Waals surface area contributed by atoms with Crippen LogP contribution in [0.2, 0.25) is 0 Å². The van der Waals surface area contributed by atoms with Crippen LogP contribution in [0.1, 0.15) is 0 Å². The molecule has 42 valence electrons. The van der Waals surface area contributed by atoms with E-state index >= 15 is 0 Å². The normalized spacial score (nSPS) is 13.3. The average molecular weight is 137 g/mol. The summed E-state index contributed by atoms with van der Waals surface area (Å²) >= 11 is 4.44. The Hall–Kier alpha value is 0.310. The molecule has 1 unspecified atom stereocenters. The number of rotatable bonds is 3. The predicted octanol–water partition coefficient (Wildman–Crippen LogP) is 0.260. The Morgan fingerprint density at radius 1 is 2.00 bits per heavy atom. The highest BCUT2D eigenvalue weighted by molar-refractivity contribution is 8.01. The lowest BCUT2D eigenvalue weighted by atomic mass is 10.7. The minimum Gasteiger partial charge on any atom is -0.356 e. The van der Waals surface area contributed by atoms with Crippen molar-refractivity contribution in [1.82, 2.24) is 5.09 Å². The number of hydrogen-bond acceptors (Lipinski definition) is 1. The molecule has 2 nitrogen and oxygen atoms in total. The fraction of sp³-hybridized carbons (Fsp3) is 0.333. The quantitative estimate of drug-likeness (QED) is 0.432. The SMILES string of the molecule is C=CCN[PH](O)=S. The molecule has 0 aliphatic rings. The van der Waals surface area contributed by atoms with Crippen LogP contribution in [-0.2, 0) is 11.8 Å². The van der Waals surface area contributed by atoms with Gasteiger partial charge in [0, 0.05) is 6.54 Å². The van der Waals surface area contributed by atoms with E-state index in [1.807, 2.05) is 0 Å². The van der Waals surface area contributed by atoms with Gasteiger partial charge in [-0.3, -0.25) is 5.09 Å². The summed E-state index contributed by atoms with van der Waals surface area (Å²) in [6.07, 6.45) is 1.66. The largest absolute Gasteiger partial charge is 0.356 e. The highest BCUT2D eigenvalue weighted by Gasteiger charge is 1.76. The van der Waals surface area contributed by atoms with Crippen LogP contribution in [0, 0.1) is 0 Å². The van der Waals surface area contributed by atoms with Gasteiger partial charge in [-0.1, -0.05) is 17.9 Å². The molecule has 0 spiro atoms. The van der Waals surface area contributed by atoms with E-state index in [-0.39, 0.29) is 0 Å². The lowest BCUT2D eigenvalue weighted by Gasteiger charge is -1.92. The molecule has 0 radical (unpaired) electrons. The predicted molar refractivity (Wildman–Crippen MR) is 36.1 cm³/mol. The van der Waals surface area contributed by atoms with Gasteiger partial charge in [0.1, 0.15) is 7.07 Å². The topological polar surface area (TPSA) is 32.3 Å². The van der Waals surface area contributed by atoms with Crippen LogP contribution < -0.4 is 5.09 Å². The van der Waals surface area contributed by atoms with Gasteiger partial charge < -0.3 is 4.89 Å². The van der Waals surface area contributed by atoms with Gasteiger partial charge in [-0.05, 0) is 0 Å². The summed E-state index contributed by atoms with van der Waals surface area (Å²) < 4.78 is 0. The maximum Gasteiger partial charge on any atom is 0.114 e. The van der Waals surface area contributed by atoms with Gasteiger partial charge in [-0.25, -0.2) is 0 Å². The molecule has 4 heteroatoms. The maximum atomic E-state index is 8.44. The molecule has 0 fully saturated rings. The number of nitrogens with one attached hydrogen (secondary N) is 1. The molecule has 0 aliphatic heterocycles. The van der Waals surface area contributed by atoms with Gasteiger partial charge >= 0.3 is 0 Å². The van der Waals surface area contributed by atoms with Crippen LogP contribution in [0.4, 0.5) is 0 Å². The van der Waals surface area contributed by atoms with Crippen molar-refractivity contribution in [3.63, 3.8) is 0 Å². The summed E-state index contributed by atoms with van der Waals surface area (Å²) in [5.74, 6) is 0. The monoisotopic (exact) mass is 137 g/mol. The summed E-state index contributed by atoms with van der Waals surface area (Å²) in [4.78, 5) is 8.44. The molecule has 0 saturated carbocycles. The van der Waals surface area contributed by atoms with Gasteiger partial charge in [0.2, 0.25) is 0 Å². The number of hydrogen-bond donors (Lipinski definition) is 2. The smallest absolute Gasteiger partial charge is 0.114 e. The summed E-state index contributed by atoms with van der Waals surface area (Å²) in [6, 6.07) is 0. The second-order valence-electron chi connectivity index (χ2n) is 0.975. The zero-order valence-electron chi connectivity index (χ0n) is 3.85. The molecule has 0 rings (SSSR count). The molecule has 0 amide bonds. The summed E-state index contributed by atoms with van der Waals surface area (Å²) in [7, 11) is -1.64. The Morgan fingerprint density at radius 3 is 2.71 bits per heavy atom. The van der Waals surface area contributed by atoms with Crippen molar-refractivity contribution >= 4 is 18.9 Å². The van der Waals surface area contributed by atoms with Crippen molar-refractivity contribution in [1.29, 1.82) is 0 Å². The minimum atomic E-state index is -1.64. The summed E-state index contributed by atoms with van der Waals surface area (Å²) in [6.45, 7) is 4.03. The van der Waals surface area contributed by atoms with E-state index in [9.17, 15) is 0 Å². The van der Waals surface area contributed by atoms with Crippen molar-refractivity contribution in [2.45, 2.75) is 0 Å². The molecule has 7 heavy (non-hydrogen) atoms. The van der Waals surface area contributed by atoms with Crippen molar-refractivity contribution < 1.29 is 4.89 Å². The maximum absolute atomic E-state index is 8.44. The highest BCUT2D eigenvalue weighted by Crippen LogP contribution is 2.02. The highest BCUT2D eigenvalue weighted by atomic mass is 32.4. The second-order valence-corrected chi connectivity index (χ2v) is 3.10. The Balaban J connectivity index is 2.97. The van der Waals surface area contributed by atoms with E-state index in [1.165, 1.54) is 0 Å². The molecular weight excluding hydrogens is 129 g/mol. The molecule has 0 saturated heterocycles. The minimum absolute atomic E-state index is 0.605. The standard InChI is InChI=1S/C3H8NOPS/c1-2-3-4-6(5)7/h2,6H,1,3H2,(H2,4,5,7). The zero-order chi connectivity index (χ0) is 5.70. The zero-order valence-corrected chi connectivity index (χ0v) is 5.66. The van der Waals surface area contributed by atoms with Crippen LogP contribution in [0.25, 0.3) is 0 Å². The first-order valence-corrected chi connectivity index (χ1v) is 4.43. The van der Waals surface area contributed by atoms with Crippen molar-refractivity contribution in [3.8, 4) is 0 Å². The van der Waals surface area contributed by atoms with E-state index in [4.69, 9.17) is 4.89 Å². The van der Waals surface area contributed by atoms with Crippen LogP contribution in [0.15, 0.2) is 12.7 Å². The van der Waals surface area contributed by atoms with Gasteiger partial charge in [0.05, 0.1) is 0 Å². The Bertz CT molecular complexity index is 85.0. The third kappa shape index (κ3) is 6.31. The molecule has 0 aromatic carbocycles. The van der Waals surface area contributed by atoms with Crippen LogP contribution >= 0.6 is 7.07 Å². The van der Waals surface area contributed by atoms with Crippen molar-refractivity contribution in [2.24, 2.45) is 0 Å². The first-order valence-electron chi connectivity index (χ1n) is 1.85. The molecular formula is C3H8NOPS.